The first kappa shape index (κ1) is 22.8. The monoisotopic (exact) mass is 434 g/mol. The van der Waals surface area contributed by atoms with Gasteiger partial charge in [0, 0.05) is 12.2 Å². The smallest absolute Gasteiger partial charge is 0.325 e. The number of aryl methyl sites for hydroxylation is 1. The predicted octanol–water partition coefficient (Wildman–Crippen LogP) is 3.11. The van der Waals surface area contributed by atoms with Gasteiger partial charge in [-0.25, -0.2) is 4.79 Å². The molecule has 0 spiro atoms. The van der Waals surface area contributed by atoms with Gasteiger partial charge in [0.15, 0.2) is 0 Å². The molecule has 1 N–H and O–H groups in total. The lowest BCUT2D eigenvalue weighted by atomic mass is 9.91. The van der Waals surface area contributed by atoms with Gasteiger partial charge in [0.2, 0.25) is 5.91 Å². The average Bonchev–Trinajstić information content (AvgIpc) is 2.99. The fraction of sp³-hybridized carbons (Fsp3) is 0.333. The van der Waals surface area contributed by atoms with E-state index in [0.717, 1.165) is 10.5 Å². The van der Waals surface area contributed by atoms with Crippen LogP contribution in [0.5, 0.6) is 5.75 Å². The first-order chi connectivity index (χ1) is 15.3. The summed E-state index contributed by atoms with van der Waals surface area (Å²) in [5.41, 5.74) is 0.984. The molecule has 1 unspecified atom stereocenters. The molecular weight excluding hydrogens is 408 g/mol. The fourth-order valence-corrected chi connectivity index (χ4v) is 3.59. The molecule has 0 saturated carbocycles. The van der Waals surface area contributed by atoms with Crippen molar-refractivity contribution in [2.75, 3.05) is 24.6 Å². The van der Waals surface area contributed by atoms with Gasteiger partial charge in [0.05, 0.1) is 19.1 Å². The summed E-state index contributed by atoms with van der Waals surface area (Å²) in [7, 11) is 0. The summed E-state index contributed by atoms with van der Waals surface area (Å²) in [5, 5.41) is 11.7. The van der Waals surface area contributed by atoms with E-state index in [0.29, 0.717) is 23.6 Å². The maximum Gasteiger partial charge on any atom is 0.325 e. The average molecular weight is 434 g/mol. The van der Waals surface area contributed by atoms with Gasteiger partial charge in [-0.05, 0) is 50.6 Å². The van der Waals surface area contributed by atoms with Crippen molar-refractivity contribution >= 4 is 23.5 Å². The Labute approximate surface area is 187 Å². The molecule has 1 heterocycles. The second-order valence-electron chi connectivity index (χ2n) is 7.69. The van der Waals surface area contributed by atoms with Crippen molar-refractivity contribution in [1.82, 2.24) is 10.2 Å². The molecule has 1 fully saturated rings. The summed E-state index contributed by atoms with van der Waals surface area (Å²) in [6, 6.07) is 15.6. The van der Waals surface area contributed by atoms with Crippen molar-refractivity contribution in [3.05, 3.63) is 59.7 Å². The molecule has 4 amide bonds. The third kappa shape index (κ3) is 4.57. The number of amides is 4. The van der Waals surface area contributed by atoms with Gasteiger partial charge >= 0.3 is 6.03 Å². The molecule has 1 aliphatic heterocycles. The molecule has 1 atom stereocenters. The minimum Gasteiger partial charge on any atom is -0.494 e. The highest BCUT2D eigenvalue weighted by atomic mass is 16.5. The van der Waals surface area contributed by atoms with E-state index in [1.165, 1.54) is 4.90 Å². The van der Waals surface area contributed by atoms with Gasteiger partial charge in [-0.15, -0.1) is 0 Å². The number of anilines is 1. The zero-order valence-electron chi connectivity index (χ0n) is 18.4. The number of nitrogens with zero attached hydrogens (tertiary/aromatic N) is 3. The number of urea groups is 1. The second-order valence-corrected chi connectivity index (χ2v) is 7.69. The Morgan fingerprint density at radius 1 is 1.16 bits per heavy atom. The van der Waals surface area contributed by atoms with E-state index >= 15 is 0 Å². The van der Waals surface area contributed by atoms with Crippen LogP contribution in [0.4, 0.5) is 10.5 Å². The first-order valence-electron chi connectivity index (χ1n) is 10.4. The summed E-state index contributed by atoms with van der Waals surface area (Å²) in [5.74, 6) is -0.292. The lowest BCUT2D eigenvalue weighted by Crippen LogP contribution is -2.45. The summed E-state index contributed by atoms with van der Waals surface area (Å²) >= 11 is 0. The van der Waals surface area contributed by atoms with Crippen LogP contribution in [0.3, 0.4) is 0 Å². The Kier molecular flexibility index (Phi) is 6.79. The summed E-state index contributed by atoms with van der Waals surface area (Å²) in [6.07, 6.45) is 0.111. The van der Waals surface area contributed by atoms with Gasteiger partial charge in [-0.3, -0.25) is 14.5 Å². The number of carbonyl (C=O) groups excluding carboxylic acids is 3. The van der Waals surface area contributed by atoms with Crippen molar-refractivity contribution < 1.29 is 19.1 Å². The molecule has 0 aliphatic carbocycles. The Bertz CT molecular complexity index is 1040. The molecule has 1 aliphatic rings. The number of nitrogens with one attached hydrogen (secondary N) is 1. The molecule has 3 rings (SSSR count). The fourth-order valence-electron chi connectivity index (χ4n) is 3.59. The van der Waals surface area contributed by atoms with Crippen LogP contribution in [0.1, 0.15) is 31.4 Å². The molecule has 8 heteroatoms. The standard InChI is InChI=1S/C24H26N4O4/c1-4-32-20-12-10-19(11-13-20)27(15-5-14-25)21(29)16-28-22(30)24(3,26-23(28)31)18-8-6-17(2)7-9-18/h6-13H,4-5,15-16H2,1-3H3,(H,26,31). The molecule has 2 aromatic carbocycles. The van der Waals surface area contributed by atoms with Crippen LogP contribution in [0, 0.1) is 18.3 Å². The van der Waals surface area contributed by atoms with Gasteiger partial charge in [0.25, 0.3) is 5.91 Å². The van der Waals surface area contributed by atoms with Crippen LogP contribution in [0.25, 0.3) is 0 Å². The molecule has 0 radical (unpaired) electrons. The number of benzene rings is 2. The number of nitriles is 1. The summed E-state index contributed by atoms with van der Waals surface area (Å²) in [4.78, 5) is 41.2. The zero-order valence-corrected chi connectivity index (χ0v) is 18.4. The Hall–Kier alpha value is -3.86. The maximum atomic E-state index is 13.2. The number of rotatable bonds is 8. The highest BCUT2D eigenvalue weighted by Gasteiger charge is 2.49. The second kappa shape index (κ2) is 9.52. The molecule has 32 heavy (non-hydrogen) atoms. The Morgan fingerprint density at radius 3 is 2.41 bits per heavy atom. The number of hydrogen-bond acceptors (Lipinski definition) is 5. The van der Waals surface area contributed by atoms with E-state index in [-0.39, 0.29) is 13.0 Å². The lowest BCUT2D eigenvalue weighted by molar-refractivity contribution is -0.134. The topological polar surface area (TPSA) is 103 Å². The summed E-state index contributed by atoms with van der Waals surface area (Å²) < 4.78 is 5.43. The van der Waals surface area contributed by atoms with Crippen molar-refractivity contribution in [2.45, 2.75) is 32.7 Å². The molecule has 166 valence electrons. The van der Waals surface area contributed by atoms with Crippen LogP contribution < -0.4 is 15.0 Å². The maximum absolute atomic E-state index is 13.2. The van der Waals surface area contributed by atoms with E-state index in [4.69, 9.17) is 10.00 Å². The number of imide groups is 1. The largest absolute Gasteiger partial charge is 0.494 e. The number of carbonyl (C=O) groups is 3. The Morgan fingerprint density at radius 2 is 1.81 bits per heavy atom. The third-order valence-electron chi connectivity index (χ3n) is 5.40. The number of ether oxygens (including phenoxy) is 1. The highest BCUT2D eigenvalue weighted by Crippen LogP contribution is 2.29. The van der Waals surface area contributed by atoms with Gasteiger partial charge < -0.3 is 15.0 Å². The Balaban J connectivity index is 1.80. The van der Waals surface area contributed by atoms with Crippen LogP contribution in [0.15, 0.2) is 48.5 Å². The van der Waals surface area contributed by atoms with Crippen molar-refractivity contribution in [3.63, 3.8) is 0 Å². The van der Waals surface area contributed by atoms with Gasteiger partial charge in [-0.1, -0.05) is 29.8 Å². The van der Waals surface area contributed by atoms with Crippen LogP contribution in [-0.2, 0) is 15.1 Å². The SMILES string of the molecule is CCOc1ccc(N(CCC#N)C(=O)CN2C(=O)NC(C)(c3ccc(C)cc3)C2=O)cc1. The van der Waals surface area contributed by atoms with Crippen LogP contribution in [0.2, 0.25) is 0 Å². The molecule has 1 saturated heterocycles. The summed E-state index contributed by atoms with van der Waals surface area (Å²) in [6.45, 7) is 5.67. The molecule has 0 aromatic heterocycles. The lowest BCUT2D eigenvalue weighted by Gasteiger charge is -2.25. The predicted molar refractivity (Wildman–Crippen MR) is 119 cm³/mol. The highest BCUT2D eigenvalue weighted by molar-refractivity contribution is 6.10. The molecule has 0 bridgehead atoms. The molecule has 2 aromatic rings. The number of hydrogen-bond donors (Lipinski definition) is 1. The minimum atomic E-state index is -1.25. The first-order valence-corrected chi connectivity index (χ1v) is 10.4. The third-order valence-corrected chi connectivity index (χ3v) is 5.40. The van der Waals surface area contributed by atoms with Gasteiger partial charge in [-0.2, -0.15) is 5.26 Å². The molecular formula is C24H26N4O4. The zero-order chi connectivity index (χ0) is 23.3. The minimum absolute atomic E-state index is 0.111. The van der Waals surface area contributed by atoms with E-state index in [2.05, 4.69) is 5.32 Å². The van der Waals surface area contributed by atoms with Crippen molar-refractivity contribution in [3.8, 4) is 11.8 Å². The quantitative estimate of drug-likeness (QED) is 0.643. The van der Waals surface area contributed by atoms with Crippen molar-refractivity contribution in [1.29, 1.82) is 5.26 Å². The van der Waals surface area contributed by atoms with E-state index in [1.54, 1.807) is 43.3 Å². The van der Waals surface area contributed by atoms with E-state index in [1.807, 2.05) is 32.0 Å². The van der Waals surface area contributed by atoms with E-state index < -0.39 is 29.9 Å². The normalized spacial score (nSPS) is 17.6. The molecule has 8 nitrogen and oxygen atoms in total. The van der Waals surface area contributed by atoms with Crippen LogP contribution >= 0.6 is 0 Å². The van der Waals surface area contributed by atoms with Crippen molar-refractivity contribution in [2.24, 2.45) is 0 Å². The van der Waals surface area contributed by atoms with E-state index in [9.17, 15) is 14.4 Å². The van der Waals surface area contributed by atoms with Gasteiger partial charge in [0.1, 0.15) is 17.8 Å². The van der Waals surface area contributed by atoms with Crippen LogP contribution in [-0.4, -0.2) is 42.4 Å².